The molecular weight excluding hydrogens is 294 g/mol. The van der Waals surface area contributed by atoms with Gasteiger partial charge in [-0.25, -0.2) is 0 Å². The minimum Gasteiger partial charge on any atom is -0.468 e. The third-order valence-electron chi connectivity index (χ3n) is 1.95. The van der Waals surface area contributed by atoms with Gasteiger partial charge in [-0.2, -0.15) is 0 Å². The van der Waals surface area contributed by atoms with E-state index in [9.17, 15) is 4.79 Å². The van der Waals surface area contributed by atoms with E-state index in [1.807, 2.05) is 0 Å². The van der Waals surface area contributed by atoms with E-state index in [2.05, 4.69) is 4.74 Å². The Hall–Kier alpha value is -0.150. The van der Waals surface area contributed by atoms with E-state index in [4.69, 9.17) is 46.4 Å². The SMILES string of the molecule is COC(=O)C(Cl)Cc1cc(Cl)c(Cl)cc1Cl. The van der Waals surface area contributed by atoms with E-state index >= 15 is 0 Å². The van der Waals surface area contributed by atoms with Crippen LogP contribution in [0.5, 0.6) is 0 Å². The van der Waals surface area contributed by atoms with Crippen molar-refractivity contribution in [1.82, 2.24) is 0 Å². The number of alkyl halides is 1. The zero-order valence-corrected chi connectivity index (χ0v) is 11.3. The van der Waals surface area contributed by atoms with Crippen molar-refractivity contribution in [2.75, 3.05) is 7.11 Å². The highest BCUT2D eigenvalue weighted by Crippen LogP contribution is 2.30. The van der Waals surface area contributed by atoms with Crippen LogP contribution in [0.25, 0.3) is 0 Å². The number of hydrogen-bond donors (Lipinski definition) is 0. The molecule has 1 atom stereocenters. The molecule has 0 aliphatic carbocycles. The number of hydrogen-bond acceptors (Lipinski definition) is 2. The van der Waals surface area contributed by atoms with Crippen LogP contribution in [0.3, 0.4) is 0 Å². The van der Waals surface area contributed by atoms with Crippen molar-refractivity contribution in [1.29, 1.82) is 0 Å². The van der Waals surface area contributed by atoms with Gasteiger partial charge in [0, 0.05) is 11.4 Å². The van der Waals surface area contributed by atoms with Gasteiger partial charge in [0.15, 0.2) is 0 Å². The smallest absolute Gasteiger partial charge is 0.324 e. The Morgan fingerprint density at radius 3 is 2.38 bits per heavy atom. The minimum atomic E-state index is -0.792. The molecule has 0 saturated heterocycles. The van der Waals surface area contributed by atoms with Crippen molar-refractivity contribution in [3.63, 3.8) is 0 Å². The van der Waals surface area contributed by atoms with Crippen LogP contribution in [0.2, 0.25) is 15.1 Å². The molecule has 0 amide bonds. The molecule has 0 N–H and O–H groups in total. The molecule has 1 aromatic carbocycles. The number of carbonyl (C=O) groups is 1. The summed E-state index contributed by atoms with van der Waals surface area (Å²) in [6.07, 6.45) is 0.240. The van der Waals surface area contributed by atoms with Crippen molar-refractivity contribution in [3.8, 4) is 0 Å². The summed E-state index contributed by atoms with van der Waals surface area (Å²) >= 11 is 23.4. The molecule has 0 spiro atoms. The van der Waals surface area contributed by atoms with E-state index in [0.717, 1.165) is 0 Å². The molecule has 0 heterocycles. The average molecular weight is 302 g/mol. The zero-order chi connectivity index (χ0) is 12.3. The number of carbonyl (C=O) groups excluding carboxylic acids is 1. The average Bonchev–Trinajstić information content (AvgIpc) is 2.24. The van der Waals surface area contributed by atoms with Crippen LogP contribution >= 0.6 is 46.4 Å². The van der Waals surface area contributed by atoms with Gasteiger partial charge < -0.3 is 4.74 Å². The normalized spacial score (nSPS) is 12.3. The van der Waals surface area contributed by atoms with E-state index < -0.39 is 11.3 Å². The fourth-order valence-corrected chi connectivity index (χ4v) is 2.03. The molecule has 0 aliphatic rings. The van der Waals surface area contributed by atoms with Crippen molar-refractivity contribution < 1.29 is 9.53 Å². The van der Waals surface area contributed by atoms with Crippen molar-refractivity contribution in [2.45, 2.75) is 11.8 Å². The third kappa shape index (κ3) is 3.42. The van der Waals surface area contributed by atoms with Crippen LogP contribution in [0.1, 0.15) is 5.56 Å². The number of ether oxygens (including phenoxy) is 1. The van der Waals surface area contributed by atoms with Gasteiger partial charge in [0.1, 0.15) is 5.38 Å². The summed E-state index contributed by atoms with van der Waals surface area (Å²) < 4.78 is 4.51. The Kier molecular flexibility index (Phi) is 5.19. The third-order valence-corrected chi connectivity index (χ3v) is 3.35. The summed E-state index contributed by atoms with van der Waals surface area (Å²) in [6, 6.07) is 3.10. The first kappa shape index (κ1) is 13.9. The number of halogens is 4. The largest absolute Gasteiger partial charge is 0.468 e. The molecular formula is C10H8Cl4O2. The quantitative estimate of drug-likeness (QED) is 0.480. The van der Waals surface area contributed by atoms with Crippen LogP contribution in [0, 0.1) is 0 Å². The fourth-order valence-electron chi connectivity index (χ4n) is 1.12. The standard InChI is InChI=1S/C10H8Cl4O2/c1-16-10(15)9(14)3-5-2-7(12)8(13)4-6(5)11/h2,4,9H,3H2,1H3. The summed E-state index contributed by atoms with van der Waals surface area (Å²) in [6.45, 7) is 0. The topological polar surface area (TPSA) is 26.3 Å². The number of rotatable bonds is 3. The van der Waals surface area contributed by atoms with Gasteiger partial charge in [0.2, 0.25) is 0 Å². The molecule has 0 radical (unpaired) electrons. The molecule has 6 heteroatoms. The maximum atomic E-state index is 11.1. The van der Waals surface area contributed by atoms with Crippen molar-refractivity contribution in [3.05, 3.63) is 32.8 Å². The lowest BCUT2D eigenvalue weighted by Gasteiger charge is -2.09. The fraction of sp³-hybridized carbons (Fsp3) is 0.300. The molecule has 0 saturated carbocycles. The monoisotopic (exact) mass is 300 g/mol. The van der Waals surface area contributed by atoms with Crippen molar-refractivity contribution in [2.24, 2.45) is 0 Å². The summed E-state index contributed by atoms with van der Waals surface area (Å²) in [5.41, 5.74) is 0.654. The van der Waals surface area contributed by atoms with Gasteiger partial charge in [0.05, 0.1) is 17.2 Å². The Balaban J connectivity index is 2.89. The number of benzene rings is 1. The minimum absolute atomic E-state index is 0.240. The number of methoxy groups -OCH3 is 1. The molecule has 0 aromatic heterocycles. The van der Waals surface area contributed by atoms with E-state index in [1.54, 1.807) is 6.07 Å². The summed E-state index contributed by atoms with van der Waals surface area (Å²) in [7, 11) is 1.27. The number of esters is 1. The van der Waals surface area contributed by atoms with Gasteiger partial charge in [0.25, 0.3) is 0 Å². The van der Waals surface area contributed by atoms with Gasteiger partial charge in [-0.1, -0.05) is 34.8 Å². The van der Waals surface area contributed by atoms with E-state index in [-0.39, 0.29) is 6.42 Å². The molecule has 16 heavy (non-hydrogen) atoms. The van der Waals surface area contributed by atoms with Gasteiger partial charge in [-0.05, 0) is 17.7 Å². The maximum Gasteiger partial charge on any atom is 0.324 e. The molecule has 0 bridgehead atoms. The zero-order valence-electron chi connectivity index (χ0n) is 8.27. The molecule has 88 valence electrons. The first-order valence-electron chi connectivity index (χ1n) is 4.31. The lowest BCUT2D eigenvalue weighted by Crippen LogP contribution is -2.18. The first-order chi connectivity index (χ1) is 7.45. The summed E-state index contributed by atoms with van der Waals surface area (Å²) in [5, 5.41) is 0.359. The van der Waals surface area contributed by atoms with Crippen LogP contribution in [0.4, 0.5) is 0 Å². The van der Waals surface area contributed by atoms with Gasteiger partial charge >= 0.3 is 5.97 Å². The van der Waals surface area contributed by atoms with Gasteiger partial charge in [-0.3, -0.25) is 4.79 Å². The van der Waals surface area contributed by atoms with Crippen LogP contribution in [-0.2, 0) is 16.0 Å². The second-order valence-corrected chi connectivity index (χ2v) is 4.80. The first-order valence-corrected chi connectivity index (χ1v) is 5.88. The lowest BCUT2D eigenvalue weighted by molar-refractivity contribution is -0.140. The van der Waals surface area contributed by atoms with Crippen LogP contribution in [-0.4, -0.2) is 18.5 Å². The Morgan fingerprint density at radius 2 is 1.81 bits per heavy atom. The highest BCUT2D eigenvalue weighted by Gasteiger charge is 2.18. The Labute approximate surface area is 113 Å². The molecule has 1 aromatic rings. The maximum absolute atomic E-state index is 11.1. The van der Waals surface area contributed by atoms with Crippen LogP contribution in [0.15, 0.2) is 12.1 Å². The molecule has 1 unspecified atom stereocenters. The Bertz CT molecular complexity index is 406. The highest BCUT2D eigenvalue weighted by atomic mass is 35.5. The second-order valence-electron chi connectivity index (χ2n) is 3.05. The molecule has 1 rings (SSSR count). The molecule has 2 nitrogen and oxygen atoms in total. The van der Waals surface area contributed by atoms with Crippen LogP contribution < -0.4 is 0 Å². The van der Waals surface area contributed by atoms with Crippen molar-refractivity contribution >= 4 is 52.4 Å². The highest BCUT2D eigenvalue weighted by molar-refractivity contribution is 6.43. The molecule has 0 aliphatic heterocycles. The Morgan fingerprint density at radius 1 is 1.25 bits per heavy atom. The van der Waals surface area contributed by atoms with E-state index in [1.165, 1.54) is 13.2 Å². The predicted octanol–water partition coefficient (Wildman–Crippen LogP) is 3.97. The summed E-state index contributed by atoms with van der Waals surface area (Å²) in [5.74, 6) is -0.510. The molecule has 0 fully saturated rings. The lowest BCUT2D eigenvalue weighted by atomic mass is 10.1. The van der Waals surface area contributed by atoms with E-state index in [0.29, 0.717) is 20.6 Å². The van der Waals surface area contributed by atoms with Gasteiger partial charge in [-0.15, -0.1) is 11.6 Å². The second kappa shape index (κ2) is 5.97. The summed E-state index contributed by atoms with van der Waals surface area (Å²) in [4.78, 5) is 11.1. The predicted molar refractivity (Wildman–Crippen MR) is 66.8 cm³/mol.